The molecule has 0 fully saturated rings. The number of anilines is 2. The maximum Gasteiger partial charge on any atom is 0.257 e. The fourth-order valence-corrected chi connectivity index (χ4v) is 3.08. The van der Waals surface area contributed by atoms with Gasteiger partial charge in [0.15, 0.2) is 0 Å². The van der Waals surface area contributed by atoms with E-state index in [0.717, 1.165) is 0 Å². The van der Waals surface area contributed by atoms with Gasteiger partial charge >= 0.3 is 0 Å². The van der Waals surface area contributed by atoms with Crippen LogP contribution in [0.15, 0.2) is 54.9 Å². The first-order chi connectivity index (χ1) is 13.3. The highest BCUT2D eigenvalue weighted by Gasteiger charge is 2.16. The summed E-state index contributed by atoms with van der Waals surface area (Å²) < 4.78 is 0. The molecule has 0 bridgehead atoms. The Morgan fingerprint density at radius 3 is 1.75 bits per heavy atom. The first kappa shape index (κ1) is 20.4. The molecule has 2 aromatic carbocycles. The second kappa shape index (κ2) is 8.80. The molecule has 0 saturated heterocycles. The maximum absolute atomic E-state index is 12.6. The quantitative estimate of drug-likeness (QED) is 0.492. The Hall–Kier alpha value is -2.31. The van der Waals surface area contributed by atoms with Gasteiger partial charge in [0.25, 0.3) is 11.8 Å². The summed E-state index contributed by atoms with van der Waals surface area (Å²) in [5.74, 6) is -0.994. The first-order valence-corrected chi connectivity index (χ1v) is 9.33. The zero-order valence-corrected chi connectivity index (χ0v) is 17.0. The van der Waals surface area contributed by atoms with Gasteiger partial charge in [0.1, 0.15) is 0 Å². The number of pyridine rings is 1. The standard InChI is InChI=1S/C19H11Cl4N3O2/c20-10-1-3-14(22)12(7-10)18(27)25-16-5-6-24-9-17(16)26-19(28)13-8-11(21)2-4-15(13)23/h1-9H,(H,26,28)(H,24,25,27). The summed E-state index contributed by atoms with van der Waals surface area (Å²) in [6.45, 7) is 0. The van der Waals surface area contributed by atoms with Crippen molar-refractivity contribution in [1.82, 2.24) is 4.98 Å². The third-order valence-corrected chi connectivity index (χ3v) is 4.79. The van der Waals surface area contributed by atoms with E-state index in [1.165, 1.54) is 42.7 Å². The second-order valence-corrected chi connectivity index (χ2v) is 7.27. The van der Waals surface area contributed by atoms with Gasteiger partial charge in [-0.3, -0.25) is 14.6 Å². The summed E-state index contributed by atoms with van der Waals surface area (Å²) in [6.07, 6.45) is 2.86. The summed E-state index contributed by atoms with van der Waals surface area (Å²) in [5.41, 5.74) is 0.979. The number of nitrogens with one attached hydrogen (secondary N) is 2. The van der Waals surface area contributed by atoms with Gasteiger partial charge in [0.2, 0.25) is 0 Å². The van der Waals surface area contributed by atoms with E-state index in [9.17, 15) is 9.59 Å². The molecule has 2 amide bonds. The number of amides is 2. The lowest BCUT2D eigenvalue weighted by Gasteiger charge is -2.13. The molecule has 0 aliphatic rings. The average molecular weight is 455 g/mol. The van der Waals surface area contributed by atoms with Crippen molar-refractivity contribution in [2.24, 2.45) is 0 Å². The zero-order chi connectivity index (χ0) is 20.3. The minimum absolute atomic E-state index is 0.188. The van der Waals surface area contributed by atoms with Crippen molar-refractivity contribution in [2.45, 2.75) is 0 Å². The zero-order valence-electron chi connectivity index (χ0n) is 14.0. The van der Waals surface area contributed by atoms with E-state index in [-0.39, 0.29) is 26.9 Å². The molecular formula is C19H11Cl4N3O2. The molecule has 3 aromatic rings. The van der Waals surface area contributed by atoms with Crippen LogP contribution in [0.5, 0.6) is 0 Å². The van der Waals surface area contributed by atoms with E-state index in [1.54, 1.807) is 12.1 Å². The molecule has 0 spiro atoms. The van der Waals surface area contributed by atoms with Crippen molar-refractivity contribution in [3.05, 3.63) is 86.1 Å². The number of hydrogen-bond donors (Lipinski definition) is 2. The predicted molar refractivity (Wildman–Crippen MR) is 113 cm³/mol. The number of nitrogens with zero attached hydrogens (tertiary/aromatic N) is 1. The number of carbonyl (C=O) groups is 2. The summed E-state index contributed by atoms with van der Waals surface area (Å²) in [5, 5.41) is 6.56. The van der Waals surface area contributed by atoms with E-state index in [2.05, 4.69) is 15.6 Å². The van der Waals surface area contributed by atoms with Gasteiger partial charge in [0, 0.05) is 16.2 Å². The molecule has 1 aromatic heterocycles. The average Bonchev–Trinajstić information content (AvgIpc) is 2.67. The van der Waals surface area contributed by atoms with Crippen LogP contribution in [-0.2, 0) is 0 Å². The lowest BCUT2D eigenvalue weighted by Crippen LogP contribution is -2.17. The molecule has 142 valence electrons. The molecule has 0 aliphatic heterocycles. The third-order valence-electron chi connectivity index (χ3n) is 3.66. The lowest BCUT2D eigenvalue weighted by atomic mass is 10.2. The van der Waals surface area contributed by atoms with Crippen LogP contribution in [0, 0.1) is 0 Å². The van der Waals surface area contributed by atoms with E-state index in [0.29, 0.717) is 15.7 Å². The number of hydrogen-bond acceptors (Lipinski definition) is 3. The van der Waals surface area contributed by atoms with Crippen LogP contribution >= 0.6 is 46.4 Å². The van der Waals surface area contributed by atoms with Crippen molar-refractivity contribution >= 4 is 69.6 Å². The smallest absolute Gasteiger partial charge is 0.257 e. The van der Waals surface area contributed by atoms with Crippen molar-refractivity contribution < 1.29 is 9.59 Å². The molecule has 1 heterocycles. The Morgan fingerprint density at radius 1 is 0.714 bits per heavy atom. The van der Waals surface area contributed by atoms with Crippen LogP contribution in [0.2, 0.25) is 20.1 Å². The molecule has 3 rings (SSSR count). The van der Waals surface area contributed by atoms with Gasteiger partial charge in [-0.05, 0) is 42.5 Å². The molecule has 9 heteroatoms. The van der Waals surface area contributed by atoms with Gasteiger partial charge < -0.3 is 10.6 Å². The normalized spacial score (nSPS) is 10.4. The summed E-state index contributed by atoms with van der Waals surface area (Å²) >= 11 is 24.0. The third kappa shape index (κ3) is 4.75. The largest absolute Gasteiger partial charge is 0.320 e. The molecule has 0 saturated carbocycles. The van der Waals surface area contributed by atoms with Crippen LogP contribution in [0.25, 0.3) is 0 Å². The Bertz CT molecular complexity index is 988. The minimum Gasteiger partial charge on any atom is -0.320 e. The van der Waals surface area contributed by atoms with Crippen LogP contribution < -0.4 is 10.6 Å². The maximum atomic E-state index is 12.6. The molecule has 5 nitrogen and oxygen atoms in total. The number of aromatic nitrogens is 1. The molecule has 0 atom stereocenters. The Labute approximate surface area is 180 Å². The molecule has 0 radical (unpaired) electrons. The van der Waals surface area contributed by atoms with E-state index < -0.39 is 11.8 Å². The minimum atomic E-state index is -0.503. The van der Waals surface area contributed by atoms with Gasteiger partial charge in [-0.15, -0.1) is 0 Å². The van der Waals surface area contributed by atoms with Crippen LogP contribution in [-0.4, -0.2) is 16.8 Å². The van der Waals surface area contributed by atoms with Crippen molar-refractivity contribution in [3.8, 4) is 0 Å². The van der Waals surface area contributed by atoms with Crippen LogP contribution in [0.4, 0.5) is 11.4 Å². The summed E-state index contributed by atoms with van der Waals surface area (Å²) in [7, 11) is 0. The second-order valence-electron chi connectivity index (χ2n) is 5.58. The Kier molecular flexibility index (Phi) is 6.42. The first-order valence-electron chi connectivity index (χ1n) is 7.82. The molecule has 2 N–H and O–H groups in total. The number of benzene rings is 2. The van der Waals surface area contributed by atoms with Gasteiger partial charge in [-0.1, -0.05) is 46.4 Å². The topological polar surface area (TPSA) is 71.1 Å². The number of rotatable bonds is 4. The highest BCUT2D eigenvalue weighted by Crippen LogP contribution is 2.26. The predicted octanol–water partition coefficient (Wildman–Crippen LogP) is 6.20. The monoisotopic (exact) mass is 453 g/mol. The van der Waals surface area contributed by atoms with E-state index >= 15 is 0 Å². The van der Waals surface area contributed by atoms with Crippen LogP contribution in [0.3, 0.4) is 0 Å². The van der Waals surface area contributed by atoms with Gasteiger partial charge in [0.05, 0.1) is 38.7 Å². The molecule has 0 aliphatic carbocycles. The highest BCUT2D eigenvalue weighted by molar-refractivity contribution is 6.37. The highest BCUT2D eigenvalue weighted by atomic mass is 35.5. The fraction of sp³-hybridized carbons (Fsp3) is 0. The summed E-state index contributed by atoms with van der Waals surface area (Å²) in [6, 6.07) is 10.6. The molecule has 0 unspecified atom stereocenters. The van der Waals surface area contributed by atoms with Gasteiger partial charge in [-0.2, -0.15) is 0 Å². The van der Waals surface area contributed by atoms with E-state index in [4.69, 9.17) is 46.4 Å². The Balaban J connectivity index is 1.85. The molecular weight excluding hydrogens is 444 g/mol. The van der Waals surface area contributed by atoms with Crippen molar-refractivity contribution in [3.63, 3.8) is 0 Å². The summed E-state index contributed by atoms with van der Waals surface area (Å²) in [4.78, 5) is 29.1. The van der Waals surface area contributed by atoms with E-state index in [1.807, 2.05) is 0 Å². The number of carbonyl (C=O) groups excluding carboxylic acids is 2. The van der Waals surface area contributed by atoms with Crippen molar-refractivity contribution in [2.75, 3.05) is 10.6 Å². The van der Waals surface area contributed by atoms with Crippen molar-refractivity contribution in [1.29, 1.82) is 0 Å². The fourth-order valence-electron chi connectivity index (χ4n) is 2.33. The van der Waals surface area contributed by atoms with Crippen LogP contribution in [0.1, 0.15) is 20.7 Å². The molecule has 28 heavy (non-hydrogen) atoms. The Morgan fingerprint density at radius 2 is 1.21 bits per heavy atom. The number of halogens is 4. The van der Waals surface area contributed by atoms with Gasteiger partial charge in [-0.25, -0.2) is 0 Å². The lowest BCUT2D eigenvalue weighted by molar-refractivity contribution is 0.101. The SMILES string of the molecule is O=C(Nc1ccncc1NC(=O)c1cc(Cl)ccc1Cl)c1cc(Cl)ccc1Cl.